The summed E-state index contributed by atoms with van der Waals surface area (Å²) < 4.78 is 15.1. The lowest BCUT2D eigenvalue weighted by molar-refractivity contribution is 0.262. The largest absolute Gasteiger partial charge is 0.323 e. The lowest BCUT2D eigenvalue weighted by Gasteiger charge is -2.09. The Bertz CT molecular complexity index is 1110. The zero-order valence-corrected chi connectivity index (χ0v) is 14.7. The Morgan fingerprint density at radius 2 is 1.81 bits per heavy atom. The van der Waals surface area contributed by atoms with Crippen LogP contribution < -0.4 is 10.6 Å². The van der Waals surface area contributed by atoms with Crippen molar-refractivity contribution < 1.29 is 9.18 Å². The molecule has 2 heterocycles. The van der Waals surface area contributed by atoms with Crippen LogP contribution >= 0.6 is 11.6 Å². The highest BCUT2D eigenvalue weighted by Gasteiger charge is 2.08. The van der Waals surface area contributed by atoms with Gasteiger partial charge in [0.05, 0.1) is 10.7 Å². The van der Waals surface area contributed by atoms with Crippen LogP contribution in [0.3, 0.4) is 0 Å². The number of carbonyl (C=O) groups is 1. The van der Waals surface area contributed by atoms with Gasteiger partial charge in [-0.3, -0.25) is 0 Å². The number of nitrogens with one attached hydrogen (secondary N) is 2. The summed E-state index contributed by atoms with van der Waals surface area (Å²) in [5, 5.41) is 5.31. The first-order valence-electron chi connectivity index (χ1n) is 8.16. The molecule has 0 radical (unpaired) electrons. The van der Waals surface area contributed by atoms with Crippen LogP contribution in [0.15, 0.2) is 73.1 Å². The lowest BCUT2D eigenvalue weighted by Crippen LogP contribution is -2.19. The van der Waals surface area contributed by atoms with E-state index in [1.807, 2.05) is 53.2 Å². The van der Waals surface area contributed by atoms with Crippen LogP contribution in [0.25, 0.3) is 16.9 Å². The van der Waals surface area contributed by atoms with Crippen LogP contribution in [-0.2, 0) is 0 Å². The molecule has 4 aromatic rings. The maximum Gasteiger partial charge on any atom is 0.323 e. The SMILES string of the molecule is O=C(Nc1cccc(-c2cn3ccccc3n2)c1)Nc1ccc(F)c(Cl)c1. The molecule has 0 aliphatic carbocycles. The van der Waals surface area contributed by atoms with Gasteiger partial charge < -0.3 is 15.0 Å². The molecule has 0 spiro atoms. The van der Waals surface area contributed by atoms with E-state index in [1.165, 1.54) is 18.2 Å². The topological polar surface area (TPSA) is 58.4 Å². The van der Waals surface area contributed by atoms with Gasteiger partial charge in [0, 0.05) is 29.3 Å². The fourth-order valence-electron chi connectivity index (χ4n) is 2.70. The number of hydrogen-bond acceptors (Lipinski definition) is 2. The Balaban J connectivity index is 1.51. The van der Waals surface area contributed by atoms with Crippen molar-refractivity contribution >= 4 is 34.7 Å². The molecule has 2 N–H and O–H groups in total. The van der Waals surface area contributed by atoms with Gasteiger partial charge in [0.25, 0.3) is 0 Å². The number of carbonyl (C=O) groups excluding carboxylic acids is 1. The minimum atomic E-state index is -0.539. The standard InChI is InChI=1S/C20H14ClFN4O/c21-16-11-15(7-8-17(16)22)24-20(27)23-14-5-3-4-13(10-14)18-12-26-9-2-1-6-19(26)25-18/h1-12H,(H2,23,24,27). The second-order valence-electron chi connectivity index (χ2n) is 5.88. The van der Waals surface area contributed by atoms with Crippen molar-refractivity contribution in [2.75, 3.05) is 10.6 Å². The Kier molecular flexibility index (Phi) is 4.48. The number of benzene rings is 2. The van der Waals surface area contributed by atoms with Crippen LogP contribution in [0.2, 0.25) is 5.02 Å². The van der Waals surface area contributed by atoms with E-state index in [2.05, 4.69) is 15.6 Å². The van der Waals surface area contributed by atoms with Crippen LogP contribution in [0.5, 0.6) is 0 Å². The van der Waals surface area contributed by atoms with Crippen molar-refractivity contribution in [3.63, 3.8) is 0 Å². The first-order chi connectivity index (χ1) is 13.1. The van der Waals surface area contributed by atoms with Gasteiger partial charge in [-0.05, 0) is 42.5 Å². The van der Waals surface area contributed by atoms with Gasteiger partial charge in [-0.2, -0.15) is 0 Å². The van der Waals surface area contributed by atoms with Crippen molar-refractivity contribution in [3.8, 4) is 11.3 Å². The van der Waals surface area contributed by atoms with E-state index in [-0.39, 0.29) is 5.02 Å². The second-order valence-corrected chi connectivity index (χ2v) is 6.29. The Morgan fingerprint density at radius 3 is 2.59 bits per heavy atom. The van der Waals surface area contributed by atoms with E-state index in [9.17, 15) is 9.18 Å². The molecular weight excluding hydrogens is 367 g/mol. The molecule has 4 rings (SSSR count). The summed E-state index contributed by atoms with van der Waals surface area (Å²) in [5.41, 5.74) is 3.53. The summed E-state index contributed by atoms with van der Waals surface area (Å²) in [7, 11) is 0. The number of amides is 2. The number of nitrogens with zero attached hydrogens (tertiary/aromatic N) is 2. The zero-order valence-electron chi connectivity index (χ0n) is 14.0. The van der Waals surface area contributed by atoms with Crippen LogP contribution in [0, 0.1) is 5.82 Å². The van der Waals surface area contributed by atoms with Gasteiger partial charge in [0.2, 0.25) is 0 Å². The van der Waals surface area contributed by atoms with Crippen molar-refractivity contribution in [2.45, 2.75) is 0 Å². The third-order valence-corrected chi connectivity index (χ3v) is 4.25. The van der Waals surface area contributed by atoms with E-state index < -0.39 is 11.8 Å². The second kappa shape index (κ2) is 7.09. The highest BCUT2D eigenvalue weighted by atomic mass is 35.5. The number of aromatic nitrogens is 2. The molecule has 0 saturated carbocycles. The summed E-state index contributed by atoms with van der Waals surface area (Å²) in [6, 6.07) is 16.7. The van der Waals surface area contributed by atoms with Gasteiger partial charge >= 0.3 is 6.03 Å². The van der Waals surface area contributed by atoms with Crippen molar-refractivity contribution in [2.24, 2.45) is 0 Å². The highest BCUT2D eigenvalue weighted by Crippen LogP contribution is 2.23. The quantitative estimate of drug-likeness (QED) is 0.497. The molecule has 27 heavy (non-hydrogen) atoms. The van der Waals surface area contributed by atoms with Gasteiger partial charge in [0.15, 0.2) is 0 Å². The predicted octanol–water partition coefficient (Wildman–Crippen LogP) is 5.44. The summed E-state index contributed by atoms with van der Waals surface area (Å²) >= 11 is 5.72. The minimum Gasteiger partial charge on any atom is -0.308 e. The predicted molar refractivity (Wildman–Crippen MR) is 105 cm³/mol. The molecule has 2 amide bonds. The number of hydrogen-bond donors (Lipinski definition) is 2. The molecule has 0 bridgehead atoms. The van der Waals surface area contributed by atoms with Crippen LogP contribution in [0.1, 0.15) is 0 Å². The lowest BCUT2D eigenvalue weighted by atomic mass is 10.1. The average molecular weight is 381 g/mol. The Hall–Kier alpha value is -3.38. The van der Waals surface area contributed by atoms with Gasteiger partial charge in [-0.25, -0.2) is 14.2 Å². The molecule has 2 aromatic carbocycles. The molecule has 0 saturated heterocycles. The summed E-state index contributed by atoms with van der Waals surface area (Å²) in [6.45, 7) is 0. The maximum absolute atomic E-state index is 13.2. The third-order valence-electron chi connectivity index (χ3n) is 3.96. The van der Waals surface area contributed by atoms with Crippen LogP contribution in [-0.4, -0.2) is 15.4 Å². The normalized spacial score (nSPS) is 10.7. The third kappa shape index (κ3) is 3.75. The molecule has 0 aliphatic rings. The number of imidazole rings is 1. The molecule has 0 atom stereocenters. The van der Waals surface area contributed by atoms with Crippen molar-refractivity contribution in [3.05, 3.63) is 83.9 Å². The van der Waals surface area contributed by atoms with E-state index >= 15 is 0 Å². The summed E-state index contributed by atoms with van der Waals surface area (Å²) in [4.78, 5) is 16.8. The average Bonchev–Trinajstić information content (AvgIpc) is 3.09. The number of halogens is 2. The number of urea groups is 1. The van der Waals surface area contributed by atoms with Gasteiger partial charge in [-0.1, -0.05) is 29.8 Å². The summed E-state index contributed by atoms with van der Waals surface area (Å²) in [6.07, 6.45) is 3.85. The monoisotopic (exact) mass is 380 g/mol. The molecule has 0 fully saturated rings. The number of anilines is 2. The van der Waals surface area contributed by atoms with Crippen molar-refractivity contribution in [1.29, 1.82) is 0 Å². The van der Waals surface area contributed by atoms with Gasteiger partial charge in [0.1, 0.15) is 11.5 Å². The van der Waals surface area contributed by atoms with E-state index in [0.717, 1.165) is 16.9 Å². The minimum absolute atomic E-state index is 0.0540. The maximum atomic E-state index is 13.2. The Labute approximate surface area is 159 Å². The molecule has 134 valence electrons. The van der Waals surface area contributed by atoms with E-state index in [0.29, 0.717) is 11.4 Å². The molecular formula is C20H14ClFN4O. The highest BCUT2D eigenvalue weighted by molar-refractivity contribution is 6.31. The number of rotatable bonds is 3. The molecule has 0 unspecified atom stereocenters. The van der Waals surface area contributed by atoms with E-state index in [4.69, 9.17) is 11.6 Å². The first-order valence-corrected chi connectivity index (χ1v) is 8.53. The molecule has 0 aliphatic heterocycles. The fourth-order valence-corrected chi connectivity index (χ4v) is 2.88. The summed E-state index contributed by atoms with van der Waals surface area (Å²) in [5.74, 6) is -0.539. The Morgan fingerprint density at radius 1 is 1.00 bits per heavy atom. The van der Waals surface area contributed by atoms with Crippen molar-refractivity contribution in [1.82, 2.24) is 9.38 Å². The van der Waals surface area contributed by atoms with Crippen LogP contribution in [0.4, 0.5) is 20.6 Å². The molecule has 5 nitrogen and oxygen atoms in total. The smallest absolute Gasteiger partial charge is 0.308 e. The van der Waals surface area contributed by atoms with E-state index in [1.54, 1.807) is 6.07 Å². The number of fused-ring (bicyclic) bond motifs is 1. The first kappa shape index (κ1) is 17.1. The van der Waals surface area contributed by atoms with Gasteiger partial charge in [-0.15, -0.1) is 0 Å². The fraction of sp³-hybridized carbons (Fsp3) is 0. The molecule has 2 aromatic heterocycles. The molecule has 7 heteroatoms. The number of pyridine rings is 1. The zero-order chi connectivity index (χ0) is 18.8.